The molecule has 0 amide bonds. The van der Waals surface area contributed by atoms with Gasteiger partial charge >= 0.3 is 88.7 Å². The topological polar surface area (TPSA) is 124 Å². The van der Waals surface area contributed by atoms with Crippen molar-refractivity contribution in [3.05, 3.63) is 0 Å². The van der Waals surface area contributed by atoms with E-state index in [1.54, 1.807) is 0 Å². The third-order valence-electron chi connectivity index (χ3n) is 0.669. The van der Waals surface area contributed by atoms with Crippen LogP contribution in [0.25, 0.3) is 0 Å². The summed E-state index contributed by atoms with van der Waals surface area (Å²) in [5, 5.41) is 0. The zero-order valence-electron chi connectivity index (χ0n) is 7.64. The Morgan fingerprint density at radius 3 is 1.21 bits per heavy atom. The van der Waals surface area contributed by atoms with Crippen LogP contribution < -0.4 is 103 Å². The van der Waals surface area contributed by atoms with Gasteiger partial charge in [0.2, 0.25) is 3.82 Å². The molecule has 0 aliphatic carbocycles. The van der Waals surface area contributed by atoms with Gasteiger partial charge in [0.05, 0.1) is 0 Å². The van der Waals surface area contributed by atoms with Crippen molar-refractivity contribution in [2.75, 3.05) is 0 Å². The monoisotopic (exact) mass is 310 g/mol. The molecule has 14 heavy (non-hydrogen) atoms. The van der Waals surface area contributed by atoms with Crippen molar-refractivity contribution in [3.63, 3.8) is 0 Å². The van der Waals surface area contributed by atoms with Crippen LogP contribution in [0.15, 0.2) is 0 Å². The Balaban J connectivity index is -0.000000167. The SMILES string of the molecule is O=P([O-])([O-])C(Cl)(Cl)P(=O)([O-])O.[Na+].[Na+].[Na+]. The van der Waals surface area contributed by atoms with Crippen LogP contribution in [-0.4, -0.2) is 8.71 Å². The molecule has 0 aromatic rings. The summed E-state index contributed by atoms with van der Waals surface area (Å²) in [6.45, 7) is 0. The molecule has 0 radical (unpaired) electrons. The van der Waals surface area contributed by atoms with E-state index in [0.29, 0.717) is 0 Å². The summed E-state index contributed by atoms with van der Waals surface area (Å²) in [6, 6.07) is 0. The van der Waals surface area contributed by atoms with Gasteiger partial charge in [0.15, 0.2) is 7.60 Å². The van der Waals surface area contributed by atoms with Crippen LogP contribution in [0.2, 0.25) is 0 Å². The van der Waals surface area contributed by atoms with Gasteiger partial charge in [-0.2, -0.15) is 0 Å². The molecule has 1 unspecified atom stereocenters. The zero-order chi connectivity index (χ0) is 9.50. The van der Waals surface area contributed by atoms with E-state index in [0.717, 1.165) is 0 Å². The van der Waals surface area contributed by atoms with Crippen molar-refractivity contribution < 1.29 is 117 Å². The predicted octanol–water partition coefficient (Wildman–Crippen LogP) is -10.5. The van der Waals surface area contributed by atoms with Crippen molar-refractivity contribution in [2.24, 2.45) is 0 Å². The third kappa shape index (κ3) is 7.34. The second-order valence-electron chi connectivity index (χ2n) is 1.53. The summed E-state index contributed by atoms with van der Waals surface area (Å²) in [5.74, 6) is 0. The van der Waals surface area contributed by atoms with Crippen LogP contribution in [-0.2, 0) is 9.13 Å². The maximum absolute atomic E-state index is 10.0. The molecule has 0 spiro atoms. The molecule has 0 aliphatic rings. The fourth-order valence-electron chi connectivity index (χ4n) is 0.155. The fourth-order valence-corrected chi connectivity index (χ4v) is 1.39. The first-order valence-corrected chi connectivity index (χ1v) is 5.81. The Hall–Kier alpha value is 3.88. The van der Waals surface area contributed by atoms with Crippen LogP contribution in [0.1, 0.15) is 0 Å². The maximum atomic E-state index is 10.0. The first kappa shape index (κ1) is 26.4. The molecule has 0 bridgehead atoms. The number of rotatable bonds is 2. The molecular weight excluding hydrogens is 310 g/mol. The minimum absolute atomic E-state index is 0. The van der Waals surface area contributed by atoms with Crippen LogP contribution in [0.3, 0.4) is 0 Å². The van der Waals surface area contributed by atoms with Gasteiger partial charge in [-0.15, -0.1) is 0 Å². The zero-order valence-corrected chi connectivity index (χ0v) is 16.9. The van der Waals surface area contributed by atoms with E-state index < -0.39 is 19.0 Å². The van der Waals surface area contributed by atoms with Crippen molar-refractivity contribution in [1.82, 2.24) is 0 Å². The molecule has 0 heterocycles. The van der Waals surface area contributed by atoms with E-state index in [1.807, 2.05) is 0 Å². The molecule has 0 fully saturated rings. The Morgan fingerprint density at radius 2 is 1.21 bits per heavy atom. The van der Waals surface area contributed by atoms with Crippen LogP contribution in [0.4, 0.5) is 0 Å². The molecular formula is CHCl2Na3O6P2. The molecule has 1 N–H and O–H groups in total. The summed E-state index contributed by atoms with van der Waals surface area (Å²) in [4.78, 5) is 38.0. The summed E-state index contributed by atoms with van der Waals surface area (Å²) in [6.07, 6.45) is 0. The van der Waals surface area contributed by atoms with Gasteiger partial charge in [-0.05, 0) is 7.60 Å². The minimum Gasteiger partial charge on any atom is -0.808 e. The fraction of sp³-hybridized carbons (Fsp3) is 1.00. The molecule has 0 rings (SSSR count). The Bertz CT molecular complexity index is 221. The summed E-state index contributed by atoms with van der Waals surface area (Å²) in [7, 11) is -11.4. The van der Waals surface area contributed by atoms with Gasteiger partial charge in [0.25, 0.3) is 0 Å². The standard InChI is InChI=1S/CH4Cl2O6P2.3Na/c2-1(3,10(4,5)6)11(7,8)9;;;/h(H2,4,5,6)(H2,7,8,9);;;/q;3*+1/p-3. The summed E-state index contributed by atoms with van der Waals surface area (Å²) < 4.78 is 16.3. The Morgan fingerprint density at radius 1 is 1.00 bits per heavy atom. The molecule has 0 aromatic heterocycles. The number of hydrogen-bond donors (Lipinski definition) is 1. The van der Waals surface area contributed by atoms with E-state index >= 15 is 0 Å². The van der Waals surface area contributed by atoms with Gasteiger partial charge in [0.1, 0.15) is 0 Å². The molecule has 1 atom stereocenters. The van der Waals surface area contributed by atoms with Crippen molar-refractivity contribution >= 4 is 38.4 Å². The van der Waals surface area contributed by atoms with Crippen molar-refractivity contribution in [1.29, 1.82) is 0 Å². The smallest absolute Gasteiger partial charge is 0.808 e. The Labute approximate surface area is 157 Å². The van der Waals surface area contributed by atoms with E-state index in [-0.39, 0.29) is 88.7 Å². The Kier molecular flexibility index (Phi) is 16.8. The van der Waals surface area contributed by atoms with E-state index in [2.05, 4.69) is 23.2 Å². The average molecular weight is 311 g/mol. The van der Waals surface area contributed by atoms with Crippen LogP contribution in [0.5, 0.6) is 0 Å². The minimum atomic E-state index is -5.78. The normalized spacial score (nSPS) is 15.3. The molecule has 6 nitrogen and oxygen atoms in total. The first-order valence-electron chi connectivity index (χ1n) is 1.94. The summed E-state index contributed by atoms with van der Waals surface area (Å²) >= 11 is 9.08. The van der Waals surface area contributed by atoms with E-state index in [4.69, 9.17) is 4.89 Å². The van der Waals surface area contributed by atoms with E-state index in [1.165, 1.54) is 0 Å². The van der Waals surface area contributed by atoms with Gasteiger partial charge in [-0.1, -0.05) is 23.2 Å². The second kappa shape index (κ2) is 8.89. The van der Waals surface area contributed by atoms with Gasteiger partial charge in [-0.3, -0.25) is 0 Å². The average Bonchev–Trinajstić information content (AvgIpc) is 1.58. The second-order valence-corrected chi connectivity index (χ2v) is 7.64. The molecule has 0 aliphatic heterocycles. The molecule has 68 valence electrons. The van der Waals surface area contributed by atoms with Gasteiger partial charge < -0.3 is 28.7 Å². The first-order chi connectivity index (χ1) is 4.50. The van der Waals surface area contributed by atoms with Gasteiger partial charge in [-0.25, -0.2) is 0 Å². The molecule has 13 heteroatoms. The largest absolute Gasteiger partial charge is 1.00 e. The maximum Gasteiger partial charge on any atom is 1.00 e. The predicted molar refractivity (Wildman–Crippen MR) is 31.9 cm³/mol. The molecule has 0 aromatic carbocycles. The quantitative estimate of drug-likeness (QED) is 0.307. The number of halogens is 2. The summed E-state index contributed by atoms with van der Waals surface area (Å²) in [5.41, 5.74) is 0. The number of alkyl halides is 2. The third-order valence-corrected chi connectivity index (χ3v) is 6.03. The van der Waals surface area contributed by atoms with Crippen molar-refractivity contribution in [3.8, 4) is 0 Å². The van der Waals surface area contributed by atoms with Crippen LogP contribution >= 0.6 is 38.4 Å². The van der Waals surface area contributed by atoms with Crippen molar-refractivity contribution in [2.45, 2.75) is 3.82 Å². The van der Waals surface area contributed by atoms with Gasteiger partial charge in [0, 0.05) is 0 Å². The number of hydrogen-bond acceptors (Lipinski definition) is 5. The van der Waals surface area contributed by atoms with E-state index in [9.17, 15) is 23.8 Å². The molecule has 0 saturated carbocycles. The van der Waals surface area contributed by atoms with Crippen LogP contribution in [0, 0.1) is 0 Å². The molecule has 0 saturated heterocycles.